The highest BCUT2D eigenvalue weighted by Gasteiger charge is 2.26. The smallest absolute Gasteiger partial charge is 0.0543 e. The van der Waals surface area contributed by atoms with E-state index >= 15 is 0 Å². The molecule has 0 radical (unpaired) electrons. The molecule has 0 aromatic carbocycles. The summed E-state index contributed by atoms with van der Waals surface area (Å²) >= 11 is 0. The molecule has 0 rings (SSSR count). The van der Waals surface area contributed by atoms with Gasteiger partial charge in [0.25, 0.3) is 0 Å². The van der Waals surface area contributed by atoms with Crippen LogP contribution in [-0.4, -0.2) is 22.4 Å². The monoisotopic (exact) mass is 174 g/mol. The maximum atomic E-state index is 9.45. The molecule has 4 atom stereocenters. The molecule has 0 aliphatic rings. The summed E-state index contributed by atoms with van der Waals surface area (Å²) in [6, 6.07) is 0. The van der Waals surface area contributed by atoms with E-state index in [2.05, 4.69) is 13.8 Å². The number of rotatable bonds is 5. The first-order valence-electron chi connectivity index (χ1n) is 4.90. The van der Waals surface area contributed by atoms with Crippen LogP contribution in [0, 0.1) is 11.8 Å². The molecule has 0 fully saturated rings. The second kappa shape index (κ2) is 5.55. The lowest BCUT2D eigenvalue weighted by atomic mass is 9.81. The van der Waals surface area contributed by atoms with Crippen molar-refractivity contribution in [2.24, 2.45) is 11.8 Å². The van der Waals surface area contributed by atoms with Crippen molar-refractivity contribution in [2.75, 3.05) is 0 Å². The molecule has 0 aliphatic heterocycles. The lowest BCUT2D eigenvalue weighted by Crippen LogP contribution is -2.31. The molecular weight excluding hydrogens is 152 g/mol. The van der Waals surface area contributed by atoms with Gasteiger partial charge in [-0.2, -0.15) is 0 Å². The van der Waals surface area contributed by atoms with Crippen molar-refractivity contribution in [3.8, 4) is 0 Å². The molecule has 0 saturated carbocycles. The molecule has 0 amide bonds. The topological polar surface area (TPSA) is 40.5 Å². The van der Waals surface area contributed by atoms with Gasteiger partial charge in [-0.3, -0.25) is 0 Å². The Kier molecular flexibility index (Phi) is 5.51. The highest BCUT2D eigenvalue weighted by Crippen LogP contribution is 2.25. The summed E-state index contributed by atoms with van der Waals surface area (Å²) < 4.78 is 0. The van der Waals surface area contributed by atoms with Crippen molar-refractivity contribution in [1.82, 2.24) is 0 Å². The van der Waals surface area contributed by atoms with Gasteiger partial charge < -0.3 is 10.2 Å². The normalized spacial score (nSPS) is 21.5. The molecule has 4 unspecified atom stereocenters. The Morgan fingerprint density at radius 3 is 1.17 bits per heavy atom. The molecule has 0 saturated heterocycles. The zero-order valence-corrected chi connectivity index (χ0v) is 8.62. The Morgan fingerprint density at radius 1 is 0.833 bits per heavy atom. The third-order valence-electron chi connectivity index (χ3n) is 2.73. The van der Waals surface area contributed by atoms with Crippen molar-refractivity contribution in [3.05, 3.63) is 0 Å². The van der Waals surface area contributed by atoms with Gasteiger partial charge >= 0.3 is 0 Å². The summed E-state index contributed by atoms with van der Waals surface area (Å²) in [6.07, 6.45) is 1.24. The molecule has 0 aliphatic carbocycles. The number of aliphatic hydroxyl groups is 2. The fraction of sp³-hybridized carbons (Fsp3) is 1.00. The van der Waals surface area contributed by atoms with E-state index in [1.807, 2.05) is 0 Å². The molecule has 0 aromatic heterocycles. The van der Waals surface area contributed by atoms with Crippen LogP contribution in [0.5, 0.6) is 0 Å². The summed E-state index contributed by atoms with van der Waals surface area (Å²) in [5, 5.41) is 18.9. The average Bonchev–Trinajstić information content (AvgIpc) is 1.98. The molecule has 74 valence electrons. The van der Waals surface area contributed by atoms with E-state index in [9.17, 15) is 10.2 Å². The fourth-order valence-electron chi connectivity index (χ4n) is 2.00. The minimum atomic E-state index is -0.311. The van der Waals surface area contributed by atoms with Gasteiger partial charge in [0, 0.05) is 0 Å². The van der Waals surface area contributed by atoms with E-state index in [0.717, 1.165) is 12.8 Å². The first-order valence-corrected chi connectivity index (χ1v) is 4.90. The van der Waals surface area contributed by atoms with E-state index in [-0.39, 0.29) is 24.0 Å². The van der Waals surface area contributed by atoms with Gasteiger partial charge in [0.05, 0.1) is 12.2 Å². The van der Waals surface area contributed by atoms with Crippen molar-refractivity contribution < 1.29 is 10.2 Å². The van der Waals surface area contributed by atoms with Gasteiger partial charge in [0.15, 0.2) is 0 Å². The number of hydrogen-bond acceptors (Lipinski definition) is 2. The Balaban J connectivity index is 4.23. The minimum absolute atomic E-state index is 0.231. The molecule has 0 spiro atoms. The summed E-state index contributed by atoms with van der Waals surface area (Å²) in [4.78, 5) is 0. The van der Waals surface area contributed by atoms with Gasteiger partial charge in [-0.05, 0) is 25.7 Å². The van der Waals surface area contributed by atoms with E-state index < -0.39 is 0 Å². The lowest BCUT2D eigenvalue weighted by Gasteiger charge is -2.29. The van der Waals surface area contributed by atoms with Gasteiger partial charge in [-0.15, -0.1) is 0 Å². The highest BCUT2D eigenvalue weighted by atomic mass is 16.3. The van der Waals surface area contributed by atoms with Crippen LogP contribution < -0.4 is 0 Å². The molecule has 2 heteroatoms. The van der Waals surface area contributed by atoms with Crippen LogP contribution in [0.25, 0.3) is 0 Å². The van der Waals surface area contributed by atoms with E-state index in [1.54, 1.807) is 13.8 Å². The van der Waals surface area contributed by atoms with E-state index in [4.69, 9.17) is 0 Å². The summed E-state index contributed by atoms with van der Waals surface area (Å²) in [5.41, 5.74) is 0. The standard InChI is InChI=1S/C10H22O2/c1-5-9(7(3)11)10(6-2)8(4)12/h7-12H,5-6H2,1-4H3. The molecular formula is C10H22O2. The van der Waals surface area contributed by atoms with Gasteiger partial charge in [-0.1, -0.05) is 26.7 Å². The molecule has 0 aromatic rings. The number of hydrogen-bond donors (Lipinski definition) is 2. The van der Waals surface area contributed by atoms with Crippen molar-refractivity contribution in [1.29, 1.82) is 0 Å². The largest absolute Gasteiger partial charge is 0.393 e. The van der Waals surface area contributed by atoms with E-state index in [1.165, 1.54) is 0 Å². The highest BCUT2D eigenvalue weighted by molar-refractivity contribution is 4.75. The Bertz CT molecular complexity index is 96.4. The predicted octanol–water partition coefficient (Wildman–Crippen LogP) is 1.80. The Labute approximate surface area is 75.6 Å². The second-order valence-electron chi connectivity index (χ2n) is 3.63. The third-order valence-corrected chi connectivity index (χ3v) is 2.73. The molecule has 0 bridgehead atoms. The van der Waals surface area contributed by atoms with Crippen LogP contribution in [0.4, 0.5) is 0 Å². The van der Waals surface area contributed by atoms with Crippen molar-refractivity contribution >= 4 is 0 Å². The maximum Gasteiger partial charge on any atom is 0.0543 e. The van der Waals surface area contributed by atoms with Gasteiger partial charge in [0.2, 0.25) is 0 Å². The van der Waals surface area contributed by atoms with Crippen LogP contribution >= 0.6 is 0 Å². The summed E-state index contributed by atoms with van der Waals surface area (Å²) in [7, 11) is 0. The molecule has 0 heterocycles. The van der Waals surface area contributed by atoms with Gasteiger partial charge in [0.1, 0.15) is 0 Å². The lowest BCUT2D eigenvalue weighted by molar-refractivity contribution is 0.0189. The number of aliphatic hydroxyl groups excluding tert-OH is 2. The second-order valence-corrected chi connectivity index (χ2v) is 3.63. The Morgan fingerprint density at radius 2 is 1.08 bits per heavy atom. The third kappa shape index (κ3) is 3.11. The summed E-state index contributed by atoms with van der Waals surface area (Å²) in [5.74, 6) is 0.463. The molecule has 2 nitrogen and oxygen atoms in total. The van der Waals surface area contributed by atoms with Crippen LogP contribution in [0.2, 0.25) is 0 Å². The van der Waals surface area contributed by atoms with Gasteiger partial charge in [-0.25, -0.2) is 0 Å². The predicted molar refractivity (Wildman–Crippen MR) is 50.9 cm³/mol. The zero-order chi connectivity index (χ0) is 9.72. The fourth-order valence-corrected chi connectivity index (χ4v) is 2.00. The van der Waals surface area contributed by atoms with Crippen LogP contribution in [0.1, 0.15) is 40.5 Å². The Hall–Kier alpha value is -0.0800. The van der Waals surface area contributed by atoms with E-state index in [0.29, 0.717) is 0 Å². The minimum Gasteiger partial charge on any atom is -0.393 e. The first-order chi connectivity index (χ1) is 5.54. The first kappa shape index (κ1) is 11.9. The maximum absolute atomic E-state index is 9.45. The molecule has 12 heavy (non-hydrogen) atoms. The van der Waals surface area contributed by atoms with Crippen LogP contribution in [0.3, 0.4) is 0 Å². The van der Waals surface area contributed by atoms with Crippen LogP contribution in [0.15, 0.2) is 0 Å². The van der Waals surface area contributed by atoms with Crippen molar-refractivity contribution in [3.63, 3.8) is 0 Å². The van der Waals surface area contributed by atoms with Crippen molar-refractivity contribution in [2.45, 2.75) is 52.7 Å². The molecule has 2 N–H and O–H groups in total. The average molecular weight is 174 g/mol. The SMILES string of the molecule is CCC(C(C)O)C(CC)C(C)O. The zero-order valence-electron chi connectivity index (χ0n) is 8.62. The summed E-state index contributed by atoms with van der Waals surface area (Å²) in [6.45, 7) is 7.73. The van der Waals surface area contributed by atoms with Crippen LogP contribution in [-0.2, 0) is 0 Å². The quantitative estimate of drug-likeness (QED) is 0.667.